The monoisotopic (exact) mass is 321 g/mol. The average molecular weight is 321 g/mol. The molecule has 1 saturated carbocycles. The molecule has 1 aromatic rings. The van der Waals surface area contributed by atoms with Gasteiger partial charge >= 0.3 is 0 Å². The molecule has 1 amide bonds. The SMILES string of the molecule is Cc1ncsc1C(=O)N[C@H]1CCCN(C2CCCCCC2)C1. The molecule has 2 heterocycles. The van der Waals surface area contributed by atoms with Crippen molar-refractivity contribution in [3.63, 3.8) is 0 Å². The second-order valence-electron chi connectivity index (χ2n) is 6.72. The highest BCUT2D eigenvalue weighted by molar-refractivity contribution is 7.11. The van der Waals surface area contributed by atoms with E-state index < -0.39 is 0 Å². The van der Waals surface area contributed by atoms with Crippen molar-refractivity contribution in [3.05, 3.63) is 16.1 Å². The molecular weight excluding hydrogens is 294 g/mol. The Hall–Kier alpha value is -0.940. The number of thiazole rings is 1. The largest absolute Gasteiger partial charge is 0.347 e. The van der Waals surface area contributed by atoms with Crippen molar-refractivity contribution in [2.24, 2.45) is 0 Å². The number of carbonyl (C=O) groups is 1. The van der Waals surface area contributed by atoms with Crippen LogP contribution < -0.4 is 5.32 Å². The number of hydrogen-bond donors (Lipinski definition) is 1. The lowest BCUT2D eigenvalue weighted by Crippen LogP contribution is -2.50. The van der Waals surface area contributed by atoms with Gasteiger partial charge in [0.05, 0.1) is 11.2 Å². The normalized spacial score (nSPS) is 24.9. The second kappa shape index (κ2) is 7.55. The first-order chi connectivity index (χ1) is 10.7. The van der Waals surface area contributed by atoms with E-state index in [4.69, 9.17) is 0 Å². The minimum Gasteiger partial charge on any atom is -0.347 e. The molecule has 3 rings (SSSR count). The molecule has 22 heavy (non-hydrogen) atoms. The summed E-state index contributed by atoms with van der Waals surface area (Å²) in [4.78, 5) is 20.0. The minimum atomic E-state index is 0.0627. The van der Waals surface area contributed by atoms with Crippen molar-refractivity contribution >= 4 is 17.2 Å². The predicted octanol–water partition coefficient (Wildman–Crippen LogP) is 3.37. The fourth-order valence-electron chi connectivity index (χ4n) is 3.85. The van der Waals surface area contributed by atoms with Gasteiger partial charge in [0.1, 0.15) is 4.88 Å². The van der Waals surface area contributed by atoms with Crippen LogP contribution in [0.15, 0.2) is 5.51 Å². The minimum absolute atomic E-state index is 0.0627. The Morgan fingerprint density at radius 2 is 2.00 bits per heavy atom. The van der Waals surface area contributed by atoms with E-state index in [2.05, 4.69) is 15.2 Å². The molecule has 1 N–H and O–H groups in total. The Bertz CT molecular complexity index is 494. The molecule has 0 unspecified atom stereocenters. The van der Waals surface area contributed by atoms with Gasteiger partial charge in [0.2, 0.25) is 0 Å². The van der Waals surface area contributed by atoms with Gasteiger partial charge in [-0.1, -0.05) is 25.7 Å². The van der Waals surface area contributed by atoms with E-state index in [0.29, 0.717) is 6.04 Å². The fourth-order valence-corrected chi connectivity index (χ4v) is 4.56. The van der Waals surface area contributed by atoms with E-state index in [0.717, 1.165) is 29.6 Å². The third-order valence-corrected chi connectivity index (χ3v) is 6.01. The highest BCUT2D eigenvalue weighted by atomic mass is 32.1. The van der Waals surface area contributed by atoms with Gasteiger partial charge in [0.15, 0.2) is 0 Å². The molecule has 1 atom stereocenters. The third-order valence-electron chi connectivity index (χ3n) is 5.08. The summed E-state index contributed by atoms with van der Waals surface area (Å²) in [5, 5.41) is 3.24. The summed E-state index contributed by atoms with van der Waals surface area (Å²) in [6.07, 6.45) is 10.5. The summed E-state index contributed by atoms with van der Waals surface area (Å²) in [6, 6.07) is 1.04. The summed E-state index contributed by atoms with van der Waals surface area (Å²) in [5.41, 5.74) is 2.60. The molecule has 1 saturated heterocycles. The number of aromatic nitrogens is 1. The Balaban J connectivity index is 1.56. The molecule has 0 bridgehead atoms. The molecule has 0 spiro atoms. The van der Waals surface area contributed by atoms with Crippen molar-refractivity contribution in [2.45, 2.75) is 70.4 Å². The van der Waals surface area contributed by atoms with Crippen LogP contribution in [0, 0.1) is 6.92 Å². The van der Waals surface area contributed by atoms with Crippen molar-refractivity contribution in [1.82, 2.24) is 15.2 Å². The highest BCUT2D eigenvalue weighted by Crippen LogP contribution is 2.25. The van der Waals surface area contributed by atoms with Crippen LogP contribution in [0.4, 0.5) is 0 Å². The van der Waals surface area contributed by atoms with Gasteiger partial charge in [-0.3, -0.25) is 9.69 Å². The summed E-state index contributed by atoms with van der Waals surface area (Å²) < 4.78 is 0. The van der Waals surface area contributed by atoms with Crippen LogP contribution in [-0.4, -0.2) is 41.0 Å². The number of piperidine rings is 1. The molecule has 1 aromatic heterocycles. The standard InChI is InChI=1S/C17H27N3OS/c1-13-16(22-12-18-13)17(21)19-14-7-6-10-20(11-14)15-8-4-2-3-5-9-15/h12,14-15H,2-11H2,1H3,(H,19,21)/t14-/m0/s1. The molecule has 2 fully saturated rings. The van der Waals surface area contributed by atoms with Crippen LogP contribution in [-0.2, 0) is 0 Å². The van der Waals surface area contributed by atoms with Crippen LogP contribution in [0.3, 0.4) is 0 Å². The maximum atomic E-state index is 12.4. The maximum absolute atomic E-state index is 12.4. The first-order valence-electron chi connectivity index (χ1n) is 8.69. The molecule has 122 valence electrons. The highest BCUT2D eigenvalue weighted by Gasteiger charge is 2.27. The van der Waals surface area contributed by atoms with E-state index in [-0.39, 0.29) is 5.91 Å². The second-order valence-corrected chi connectivity index (χ2v) is 7.57. The van der Waals surface area contributed by atoms with Crippen molar-refractivity contribution < 1.29 is 4.79 Å². The Morgan fingerprint density at radius 1 is 1.23 bits per heavy atom. The Kier molecular flexibility index (Phi) is 5.47. The van der Waals surface area contributed by atoms with Crippen LogP contribution in [0.25, 0.3) is 0 Å². The summed E-state index contributed by atoms with van der Waals surface area (Å²) in [5.74, 6) is 0.0627. The Morgan fingerprint density at radius 3 is 2.68 bits per heavy atom. The lowest BCUT2D eigenvalue weighted by Gasteiger charge is -2.38. The third kappa shape index (κ3) is 3.87. The van der Waals surface area contributed by atoms with Gasteiger partial charge in [0, 0.05) is 18.6 Å². The van der Waals surface area contributed by atoms with E-state index in [1.807, 2.05) is 6.92 Å². The summed E-state index contributed by atoms with van der Waals surface area (Å²) >= 11 is 1.44. The van der Waals surface area contributed by atoms with E-state index >= 15 is 0 Å². The van der Waals surface area contributed by atoms with Gasteiger partial charge < -0.3 is 5.32 Å². The van der Waals surface area contributed by atoms with Crippen LogP contribution in [0.2, 0.25) is 0 Å². The summed E-state index contributed by atoms with van der Waals surface area (Å²) in [7, 11) is 0. The molecule has 0 radical (unpaired) electrons. The fraction of sp³-hybridized carbons (Fsp3) is 0.765. The van der Waals surface area contributed by atoms with E-state index in [1.54, 1.807) is 5.51 Å². The molecule has 5 heteroatoms. The van der Waals surface area contributed by atoms with Gasteiger partial charge in [-0.25, -0.2) is 4.98 Å². The van der Waals surface area contributed by atoms with Crippen LogP contribution in [0.5, 0.6) is 0 Å². The molecule has 4 nitrogen and oxygen atoms in total. The van der Waals surface area contributed by atoms with Crippen LogP contribution in [0.1, 0.15) is 66.7 Å². The zero-order valence-electron chi connectivity index (χ0n) is 13.5. The number of likely N-dealkylation sites (tertiary alicyclic amines) is 1. The zero-order valence-corrected chi connectivity index (χ0v) is 14.3. The summed E-state index contributed by atoms with van der Waals surface area (Å²) in [6.45, 7) is 4.13. The van der Waals surface area contributed by atoms with Gasteiger partial charge in [0.25, 0.3) is 5.91 Å². The molecule has 0 aromatic carbocycles. The number of aryl methyl sites for hydroxylation is 1. The lowest BCUT2D eigenvalue weighted by molar-refractivity contribution is 0.0863. The van der Waals surface area contributed by atoms with E-state index in [9.17, 15) is 4.79 Å². The van der Waals surface area contributed by atoms with Gasteiger partial charge in [-0.05, 0) is 39.2 Å². The Labute approximate surface area is 137 Å². The van der Waals surface area contributed by atoms with Crippen molar-refractivity contribution in [2.75, 3.05) is 13.1 Å². The topological polar surface area (TPSA) is 45.2 Å². The molecule has 2 aliphatic rings. The van der Waals surface area contributed by atoms with E-state index in [1.165, 1.54) is 62.8 Å². The molecule has 1 aliphatic heterocycles. The van der Waals surface area contributed by atoms with Crippen molar-refractivity contribution in [3.8, 4) is 0 Å². The average Bonchev–Trinajstić information content (AvgIpc) is 2.78. The zero-order chi connectivity index (χ0) is 15.4. The predicted molar refractivity (Wildman–Crippen MR) is 90.4 cm³/mol. The maximum Gasteiger partial charge on any atom is 0.263 e. The smallest absolute Gasteiger partial charge is 0.263 e. The number of amides is 1. The molecular formula is C17H27N3OS. The number of hydrogen-bond acceptors (Lipinski definition) is 4. The first kappa shape index (κ1) is 15.9. The van der Waals surface area contributed by atoms with Gasteiger partial charge in [-0.2, -0.15) is 0 Å². The van der Waals surface area contributed by atoms with Crippen molar-refractivity contribution in [1.29, 1.82) is 0 Å². The number of nitrogens with zero attached hydrogens (tertiary/aromatic N) is 2. The van der Waals surface area contributed by atoms with Gasteiger partial charge in [-0.15, -0.1) is 11.3 Å². The molecule has 1 aliphatic carbocycles. The van der Waals surface area contributed by atoms with Crippen LogP contribution >= 0.6 is 11.3 Å². The first-order valence-corrected chi connectivity index (χ1v) is 9.57. The quantitative estimate of drug-likeness (QED) is 0.868. The lowest BCUT2D eigenvalue weighted by atomic mass is 10.00. The number of rotatable bonds is 3. The number of nitrogens with one attached hydrogen (secondary N) is 1. The number of carbonyl (C=O) groups excluding carboxylic acids is 1.